The van der Waals surface area contributed by atoms with Crippen LogP contribution in [0.2, 0.25) is 0 Å². The molecule has 2 saturated carbocycles. The highest BCUT2D eigenvalue weighted by molar-refractivity contribution is 5.86. The van der Waals surface area contributed by atoms with Crippen LogP contribution in [0.3, 0.4) is 0 Å². The number of fused-ring (bicyclic) bond motifs is 1. The van der Waals surface area contributed by atoms with Crippen molar-refractivity contribution in [3.05, 3.63) is 71.7 Å². The van der Waals surface area contributed by atoms with Crippen molar-refractivity contribution in [2.24, 2.45) is 11.7 Å². The van der Waals surface area contributed by atoms with Crippen LogP contribution in [0.1, 0.15) is 81.3 Å². The Kier molecular flexibility index (Phi) is 7.52. The fourth-order valence-corrected chi connectivity index (χ4v) is 6.22. The van der Waals surface area contributed by atoms with Gasteiger partial charge in [0.1, 0.15) is 5.82 Å². The molecule has 2 aliphatic rings. The molecule has 1 atom stereocenters. The highest BCUT2D eigenvalue weighted by Crippen LogP contribution is 2.36. The molecule has 1 amide bonds. The van der Waals surface area contributed by atoms with E-state index in [4.69, 9.17) is 5.73 Å². The van der Waals surface area contributed by atoms with Gasteiger partial charge >= 0.3 is 0 Å². The van der Waals surface area contributed by atoms with E-state index in [0.717, 1.165) is 48.7 Å². The second kappa shape index (κ2) is 10.9. The third-order valence-corrected chi connectivity index (χ3v) is 8.15. The summed E-state index contributed by atoms with van der Waals surface area (Å²) in [5.41, 5.74) is 9.22. The van der Waals surface area contributed by atoms with Gasteiger partial charge < -0.3 is 15.6 Å². The number of rotatable bonds is 7. The van der Waals surface area contributed by atoms with E-state index >= 15 is 0 Å². The van der Waals surface area contributed by atoms with Crippen molar-refractivity contribution in [1.29, 1.82) is 0 Å². The van der Waals surface area contributed by atoms with Gasteiger partial charge in [0.15, 0.2) is 0 Å². The van der Waals surface area contributed by atoms with Gasteiger partial charge in [0.05, 0.1) is 0 Å². The van der Waals surface area contributed by atoms with Crippen LogP contribution < -0.4 is 11.1 Å². The van der Waals surface area contributed by atoms with Crippen molar-refractivity contribution in [3.8, 4) is 0 Å². The molecular weight excluding hydrogens is 437 g/mol. The maximum absolute atomic E-state index is 14.3. The SMILES string of the molecule is N[C@H]1CC[C@H](NC(=O)CC(c2cccc(F)c2)c2cn(CC3CCCCC3)c3ccccc23)CC1. The molecule has 186 valence electrons. The molecule has 0 aliphatic heterocycles. The molecule has 5 heteroatoms. The van der Waals surface area contributed by atoms with E-state index in [0.29, 0.717) is 12.3 Å². The van der Waals surface area contributed by atoms with E-state index in [1.165, 1.54) is 43.7 Å². The second-order valence-corrected chi connectivity index (χ2v) is 10.7. The van der Waals surface area contributed by atoms with Crippen molar-refractivity contribution < 1.29 is 9.18 Å². The number of benzene rings is 2. The lowest BCUT2D eigenvalue weighted by Gasteiger charge is -2.27. The number of hydrogen-bond acceptors (Lipinski definition) is 2. The van der Waals surface area contributed by atoms with Crippen molar-refractivity contribution >= 4 is 16.8 Å². The van der Waals surface area contributed by atoms with Gasteiger partial charge in [-0.1, -0.05) is 49.6 Å². The molecule has 1 aromatic heterocycles. The first-order valence-electron chi connectivity index (χ1n) is 13.4. The molecule has 35 heavy (non-hydrogen) atoms. The molecule has 3 N–H and O–H groups in total. The van der Waals surface area contributed by atoms with E-state index in [2.05, 4.69) is 40.3 Å². The first kappa shape index (κ1) is 24.1. The van der Waals surface area contributed by atoms with Gasteiger partial charge in [0.2, 0.25) is 5.91 Å². The van der Waals surface area contributed by atoms with Gasteiger partial charge in [-0.25, -0.2) is 4.39 Å². The Bertz CT molecular complexity index is 1140. The van der Waals surface area contributed by atoms with Crippen LogP contribution in [-0.4, -0.2) is 22.6 Å². The van der Waals surface area contributed by atoms with E-state index in [1.54, 1.807) is 12.1 Å². The molecule has 0 bridgehead atoms. The minimum Gasteiger partial charge on any atom is -0.353 e. The van der Waals surface area contributed by atoms with Crippen LogP contribution in [0.15, 0.2) is 54.7 Å². The molecule has 5 rings (SSSR count). The number of carbonyl (C=O) groups excluding carboxylic acids is 1. The summed E-state index contributed by atoms with van der Waals surface area (Å²) in [7, 11) is 0. The van der Waals surface area contributed by atoms with Crippen molar-refractivity contribution in [1.82, 2.24) is 9.88 Å². The van der Waals surface area contributed by atoms with E-state index in [-0.39, 0.29) is 29.7 Å². The minimum absolute atomic E-state index is 0.0313. The van der Waals surface area contributed by atoms with Crippen LogP contribution >= 0.6 is 0 Å². The van der Waals surface area contributed by atoms with Crippen molar-refractivity contribution in [2.45, 2.75) is 88.8 Å². The molecule has 0 saturated heterocycles. The monoisotopic (exact) mass is 475 g/mol. The number of amides is 1. The van der Waals surface area contributed by atoms with Crippen molar-refractivity contribution in [3.63, 3.8) is 0 Å². The number of hydrogen-bond donors (Lipinski definition) is 2. The lowest BCUT2D eigenvalue weighted by Crippen LogP contribution is -2.40. The molecule has 2 aliphatic carbocycles. The highest BCUT2D eigenvalue weighted by atomic mass is 19.1. The van der Waals surface area contributed by atoms with Gasteiger partial charge in [-0.15, -0.1) is 0 Å². The summed E-state index contributed by atoms with van der Waals surface area (Å²) in [6.45, 7) is 1.00. The molecule has 1 unspecified atom stereocenters. The fraction of sp³-hybridized carbons (Fsp3) is 0.500. The van der Waals surface area contributed by atoms with Crippen LogP contribution in [0.5, 0.6) is 0 Å². The van der Waals surface area contributed by atoms with Crippen LogP contribution in [0.4, 0.5) is 4.39 Å². The standard InChI is InChI=1S/C30H38FN3O/c31-23-10-6-9-22(17-23)27(18-30(35)33-25-15-13-24(32)14-16-25)28-20-34(19-21-7-2-1-3-8-21)29-12-5-4-11-26(28)29/h4-6,9-12,17,20-21,24-25,27H,1-3,7-8,13-16,18-19,32H2,(H,33,35)/t24-,25-,27?. The first-order chi connectivity index (χ1) is 17.1. The summed E-state index contributed by atoms with van der Waals surface area (Å²) in [5.74, 6) is 0.263. The minimum atomic E-state index is -0.264. The fourth-order valence-electron chi connectivity index (χ4n) is 6.22. The highest BCUT2D eigenvalue weighted by Gasteiger charge is 2.26. The quantitative estimate of drug-likeness (QED) is 0.423. The predicted octanol–water partition coefficient (Wildman–Crippen LogP) is 6.27. The van der Waals surface area contributed by atoms with Gasteiger partial charge in [-0.3, -0.25) is 4.79 Å². The number of para-hydroxylation sites is 1. The summed E-state index contributed by atoms with van der Waals surface area (Å²) >= 11 is 0. The molecule has 0 radical (unpaired) electrons. The summed E-state index contributed by atoms with van der Waals surface area (Å²) in [6.07, 6.45) is 12.8. The summed E-state index contributed by atoms with van der Waals surface area (Å²) in [5, 5.41) is 4.41. The summed E-state index contributed by atoms with van der Waals surface area (Å²) in [6, 6.07) is 15.7. The Hall–Kier alpha value is -2.66. The predicted molar refractivity (Wildman–Crippen MR) is 140 cm³/mol. The van der Waals surface area contributed by atoms with E-state index < -0.39 is 0 Å². The molecule has 2 aromatic carbocycles. The van der Waals surface area contributed by atoms with E-state index in [1.807, 2.05) is 6.07 Å². The Labute approximate surface area is 208 Å². The molecule has 1 heterocycles. The van der Waals surface area contributed by atoms with Gasteiger partial charge in [0.25, 0.3) is 0 Å². The Morgan fingerprint density at radius 3 is 2.54 bits per heavy atom. The number of carbonyl (C=O) groups is 1. The van der Waals surface area contributed by atoms with Gasteiger partial charge in [-0.05, 0) is 73.8 Å². The third kappa shape index (κ3) is 5.78. The molecular formula is C30H38FN3O. The number of nitrogens with zero attached hydrogens (tertiary/aromatic N) is 1. The largest absolute Gasteiger partial charge is 0.353 e. The zero-order valence-electron chi connectivity index (χ0n) is 20.6. The van der Waals surface area contributed by atoms with Gasteiger partial charge in [-0.2, -0.15) is 0 Å². The van der Waals surface area contributed by atoms with Crippen LogP contribution in [-0.2, 0) is 11.3 Å². The number of halogens is 1. The lowest BCUT2D eigenvalue weighted by atomic mass is 9.87. The van der Waals surface area contributed by atoms with Gasteiger partial charge in [0, 0.05) is 48.1 Å². The average molecular weight is 476 g/mol. The zero-order valence-corrected chi connectivity index (χ0v) is 20.6. The summed E-state index contributed by atoms with van der Waals surface area (Å²) in [4.78, 5) is 13.3. The third-order valence-electron chi connectivity index (χ3n) is 8.15. The second-order valence-electron chi connectivity index (χ2n) is 10.7. The maximum atomic E-state index is 14.3. The first-order valence-corrected chi connectivity index (χ1v) is 13.4. The molecule has 2 fully saturated rings. The van der Waals surface area contributed by atoms with E-state index in [9.17, 15) is 9.18 Å². The topological polar surface area (TPSA) is 60.0 Å². The summed E-state index contributed by atoms with van der Waals surface area (Å²) < 4.78 is 16.7. The molecule has 4 nitrogen and oxygen atoms in total. The van der Waals surface area contributed by atoms with Crippen LogP contribution in [0.25, 0.3) is 10.9 Å². The average Bonchev–Trinajstić information content (AvgIpc) is 3.23. The maximum Gasteiger partial charge on any atom is 0.221 e. The number of aromatic nitrogens is 1. The number of nitrogens with two attached hydrogens (primary N) is 1. The smallest absolute Gasteiger partial charge is 0.221 e. The normalized spacial score (nSPS) is 22.2. The molecule has 0 spiro atoms. The molecule has 3 aromatic rings. The lowest BCUT2D eigenvalue weighted by molar-refractivity contribution is -0.122. The Morgan fingerprint density at radius 1 is 1.00 bits per heavy atom. The van der Waals surface area contributed by atoms with Crippen LogP contribution in [0, 0.1) is 11.7 Å². The zero-order chi connectivity index (χ0) is 24.2. The number of nitrogens with one attached hydrogen (secondary N) is 1. The Morgan fingerprint density at radius 2 is 1.77 bits per heavy atom. The van der Waals surface area contributed by atoms with Crippen molar-refractivity contribution in [2.75, 3.05) is 0 Å². The Balaban J connectivity index is 1.45.